The molecule has 1 aromatic heterocycles. The highest BCUT2D eigenvalue weighted by atomic mass is 16.5. The fourth-order valence-corrected chi connectivity index (χ4v) is 2.31. The van der Waals surface area contributed by atoms with E-state index in [9.17, 15) is 0 Å². The average molecular weight is 309 g/mol. The molecular formula is C18H19N3O2. The van der Waals surface area contributed by atoms with E-state index in [1.165, 1.54) is 0 Å². The van der Waals surface area contributed by atoms with Gasteiger partial charge in [-0.3, -0.25) is 0 Å². The van der Waals surface area contributed by atoms with Crippen LogP contribution in [0.15, 0.2) is 48.5 Å². The van der Waals surface area contributed by atoms with Crippen molar-refractivity contribution in [1.29, 1.82) is 0 Å². The summed E-state index contributed by atoms with van der Waals surface area (Å²) in [4.78, 5) is 8.88. The van der Waals surface area contributed by atoms with Crippen molar-refractivity contribution in [2.24, 2.45) is 0 Å². The quantitative estimate of drug-likeness (QED) is 0.753. The van der Waals surface area contributed by atoms with E-state index in [1.54, 1.807) is 7.11 Å². The number of hydrogen-bond donors (Lipinski definition) is 1. The van der Waals surface area contributed by atoms with Gasteiger partial charge >= 0.3 is 6.01 Å². The molecule has 5 nitrogen and oxygen atoms in total. The summed E-state index contributed by atoms with van der Waals surface area (Å²) in [5.74, 6) is 1.62. The third-order valence-corrected chi connectivity index (χ3v) is 3.48. The zero-order valence-electron chi connectivity index (χ0n) is 13.2. The van der Waals surface area contributed by atoms with Crippen LogP contribution in [-0.2, 0) is 6.54 Å². The second-order valence-electron chi connectivity index (χ2n) is 5.01. The molecule has 0 fully saturated rings. The average Bonchev–Trinajstić information content (AvgIpc) is 2.60. The Bertz CT molecular complexity index is 788. The van der Waals surface area contributed by atoms with Crippen LogP contribution in [0.25, 0.3) is 10.9 Å². The highest BCUT2D eigenvalue weighted by molar-refractivity contribution is 5.89. The smallest absolute Gasteiger partial charge is 0.318 e. The molecule has 2 aromatic carbocycles. The van der Waals surface area contributed by atoms with Gasteiger partial charge in [0.1, 0.15) is 11.6 Å². The molecule has 3 rings (SSSR count). The van der Waals surface area contributed by atoms with Gasteiger partial charge in [0.2, 0.25) is 0 Å². The van der Waals surface area contributed by atoms with Crippen LogP contribution in [0.3, 0.4) is 0 Å². The van der Waals surface area contributed by atoms with Crippen LogP contribution < -0.4 is 14.8 Å². The first-order valence-electron chi connectivity index (χ1n) is 7.56. The van der Waals surface area contributed by atoms with Gasteiger partial charge in [-0.15, -0.1) is 0 Å². The molecule has 0 amide bonds. The largest absolute Gasteiger partial charge is 0.497 e. The molecule has 3 aromatic rings. The summed E-state index contributed by atoms with van der Waals surface area (Å²) >= 11 is 0. The van der Waals surface area contributed by atoms with E-state index >= 15 is 0 Å². The number of anilines is 1. The number of hydrogen-bond acceptors (Lipinski definition) is 5. The van der Waals surface area contributed by atoms with Gasteiger partial charge in [-0.25, -0.2) is 0 Å². The van der Waals surface area contributed by atoms with E-state index in [0.29, 0.717) is 19.2 Å². The fraction of sp³-hybridized carbons (Fsp3) is 0.222. The maximum atomic E-state index is 5.46. The zero-order chi connectivity index (χ0) is 16.1. The van der Waals surface area contributed by atoms with E-state index in [0.717, 1.165) is 28.0 Å². The van der Waals surface area contributed by atoms with Crippen molar-refractivity contribution in [3.8, 4) is 11.8 Å². The Hall–Kier alpha value is -2.82. The predicted octanol–water partition coefficient (Wildman–Crippen LogP) is 3.65. The van der Waals surface area contributed by atoms with Crippen LogP contribution in [0.5, 0.6) is 11.8 Å². The molecule has 23 heavy (non-hydrogen) atoms. The SMILES string of the molecule is CCOc1nc(NCc2ccc(OC)cc2)c2ccccc2n1. The van der Waals surface area contributed by atoms with Gasteiger partial charge in [0, 0.05) is 11.9 Å². The van der Waals surface area contributed by atoms with E-state index in [2.05, 4.69) is 15.3 Å². The Balaban J connectivity index is 1.85. The number of nitrogens with zero attached hydrogens (tertiary/aromatic N) is 2. The van der Waals surface area contributed by atoms with Crippen molar-refractivity contribution >= 4 is 16.7 Å². The van der Waals surface area contributed by atoms with Crippen molar-refractivity contribution in [2.75, 3.05) is 19.0 Å². The van der Waals surface area contributed by atoms with Crippen LogP contribution in [0, 0.1) is 0 Å². The number of ether oxygens (including phenoxy) is 2. The Kier molecular flexibility index (Phi) is 4.57. The van der Waals surface area contributed by atoms with E-state index in [-0.39, 0.29) is 0 Å². The summed E-state index contributed by atoms with van der Waals surface area (Å²) in [5.41, 5.74) is 2.01. The molecule has 0 spiro atoms. The Labute approximate surface area is 135 Å². The minimum atomic E-state index is 0.392. The van der Waals surface area contributed by atoms with Crippen LogP contribution >= 0.6 is 0 Å². The lowest BCUT2D eigenvalue weighted by atomic mass is 10.2. The maximum Gasteiger partial charge on any atom is 0.318 e. The predicted molar refractivity (Wildman–Crippen MR) is 91.0 cm³/mol. The summed E-state index contributed by atoms with van der Waals surface area (Å²) < 4.78 is 10.6. The molecule has 1 heterocycles. The standard InChI is InChI=1S/C18H19N3O2/c1-3-23-18-20-16-7-5-4-6-15(16)17(21-18)19-12-13-8-10-14(22-2)11-9-13/h4-11H,3,12H2,1-2H3,(H,19,20,21). The lowest BCUT2D eigenvalue weighted by molar-refractivity contribution is 0.314. The molecule has 118 valence electrons. The maximum absolute atomic E-state index is 5.46. The molecule has 0 aliphatic carbocycles. The summed E-state index contributed by atoms with van der Waals surface area (Å²) in [6.45, 7) is 3.12. The van der Waals surface area contributed by atoms with Crippen molar-refractivity contribution in [3.63, 3.8) is 0 Å². The highest BCUT2D eigenvalue weighted by Gasteiger charge is 2.08. The number of fused-ring (bicyclic) bond motifs is 1. The molecule has 0 saturated carbocycles. The molecule has 0 radical (unpaired) electrons. The van der Waals surface area contributed by atoms with Gasteiger partial charge < -0.3 is 14.8 Å². The van der Waals surface area contributed by atoms with Crippen molar-refractivity contribution in [1.82, 2.24) is 9.97 Å². The molecular weight excluding hydrogens is 290 g/mol. The Morgan fingerprint density at radius 1 is 1.00 bits per heavy atom. The molecule has 0 unspecified atom stereocenters. The van der Waals surface area contributed by atoms with Crippen LogP contribution in [-0.4, -0.2) is 23.7 Å². The van der Waals surface area contributed by atoms with Crippen LogP contribution in [0.1, 0.15) is 12.5 Å². The number of aromatic nitrogens is 2. The second-order valence-corrected chi connectivity index (χ2v) is 5.01. The zero-order valence-corrected chi connectivity index (χ0v) is 13.2. The number of benzene rings is 2. The van der Waals surface area contributed by atoms with Gasteiger partial charge in [0.05, 0.1) is 19.2 Å². The van der Waals surface area contributed by atoms with Gasteiger partial charge in [0.15, 0.2) is 0 Å². The molecule has 1 N–H and O–H groups in total. The van der Waals surface area contributed by atoms with Gasteiger partial charge in [-0.1, -0.05) is 24.3 Å². The molecule has 0 bridgehead atoms. The summed E-state index contributed by atoms with van der Waals surface area (Å²) in [5, 5.41) is 4.34. The highest BCUT2D eigenvalue weighted by Crippen LogP contribution is 2.23. The number of nitrogens with one attached hydrogen (secondary N) is 1. The number of methoxy groups -OCH3 is 1. The molecule has 0 aliphatic rings. The molecule has 0 atom stereocenters. The Morgan fingerprint density at radius 3 is 2.52 bits per heavy atom. The van der Waals surface area contributed by atoms with Crippen molar-refractivity contribution in [2.45, 2.75) is 13.5 Å². The minimum Gasteiger partial charge on any atom is -0.497 e. The first kappa shape index (κ1) is 15.1. The molecule has 5 heteroatoms. The number of rotatable bonds is 6. The van der Waals surface area contributed by atoms with E-state index < -0.39 is 0 Å². The van der Waals surface area contributed by atoms with Gasteiger partial charge in [0.25, 0.3) is 0 Å². The summed E-state index contributed by atoms with van der Waals surface area (Å²) in [7, 11) is 1.66. The van der Waals surface area contributed by atoms with Gasteiger partial charge in [-0.2, -0.15) is 9.97 Å². The first-order chi connectivity index (χ1) is 11.3. The van der Waals surface area contributed by atoms with Gasteiger partial charge in [-0.05, 0) is 36.8 Å². The lowest BCUT2D eigenvalue weighted by Crippen LogP contribution is -2.05. The van der Waals surface area contributed by atoms with E-state index in [1.807, 2.05) is 55.5 Å². The lowest BCUT2D eigenvalue weighted by Gasteiger charge is -2.11. The summed E-state index contributed by atoms with van der Waals surface area (Å²) in [6.07, 6.45) is 0. The normalized spacial score (nSPS) is 10.5. The minimum absolute atomic E-state index is 0.392. The third kappa shape index (κ3) is 3.51. The van der Waals surface area contributed by atoms with Crippen molar-refractivity contribution < 1.29 is 9.47 Å². The second kappa shape index (κ2) is 6.96. The first-order valence-corrected chi connectivity index (χ1v) is 7.56. The number of para-hydroxylation sites is 1. The van der Waals surface area contributed by atoms with E-state index in [4.69, 9.17) is 9.47 Å². The monoisotopic (exact) mass is 309 g/mol. The molecule has 0 saturated heterocycles. The molecule has 0 aliphatic heterocycles. The van der Waals surface area contributed by atoms with Crippen molar-refractivity contribution in [3.05, 3.63) is 54.1 Å². The summed E-state index contributed by atoms with van der Waals surface area (Å²) in [6, 6.07) is 16.2. The van der Waals surface area contributed by atoms with Crippen LogP contribution in [0.4, 0.5) is 5.82 Å². The topological polar surface area (TPSA) is 56.3 Å². The Morgan fingerprint density at radius 2 is 1.78 bits per heavy atom. The fourth-order valence-electron chi connectivity index (χ4n) is 2.31. The third-order valence-electron chi connectivity index (χ3n) is 3.48. The van der Waals surface area contributed by atoms with Crippen LogP contribution in [0.2, 0.25) is 0 Å².